The Morgan fingerprint density at radius 2 is 2.31 bits per heavy atom. The molecule has 0 radical (unpaired) electrons. The molecule has 0 spiro atoms. The summed E-state index contributed by atoms with van der Waals surface area (Å²) in [4.78, 5) is 11.2. The Labute approximate surface area is 101 Å². The third kappa shape index (κ3) is 2.65. The average Bonchev–Trinajstić information content (AvgIpc) is 2.57. The van der Waals surface area contributed by atoms with Gasteiger partial charge < -0.3 is 10.6 Å². The Kier molecular flexibility index (Phi) is 4.01. The van der Waals surface area contributed by atoms with Crippen molar-refractivity contribution in [2.45, 2.75) is 19.9 Å². The summed E-state index contributed by atoms with van der Waals surface area (Å²) in [6, 6.07) is 0. The molecule has 2 rings (SSSR count). The van der Waals surface area contributed by atoms with Gasteiger partial charge in [0, 0.05) is 42.8 Å². The van der Waals surface area contributed by atoms with Crippen molar-refractivity contribution < 1.29 is 0 Å². The van der Waals surface area contributed by atoms with E-state index in [0.29, 0.717) is 6.54 Å². The van der Waals surface area contributed by atoms with Crippen LogP contribution in [0.4, 0.5) is 5.95 Å². The summed E-state index contributed by atoms with van der Waals surface area (Å²) in [6.45, 7) is 4.63. The summed E-state index contributed by atoms with van der Waals surface area (Å²) in [5.41, 5.74) is 7.65. The predicted octanol–water partition coefficient (Wildman–Crippen LogP) is 1.19. The van der Waals surface area contributed by atoms with Crippen molar-refractivity contribution in [1.29, 1.82) is 0 Å². The van der Waals surface area contributed by atoms with Crippen LogP contribution in [0.1, 0.15) is 17.7 Å². The number of nitrogens with two attached hydrogens (primary N) is 1. The number of aryl methyl sites for hydroxylation is 1. The lowest BCUT2D eigenvalue weighted by Gasteiger charge is -2.20. The van der Waals surface area contributed by atoms with Gasteiger partial charge in [-0.1, -0.05) is 0 Å². The third-order valence-corrected chi connectivity index (χ3v) is 3.84. The van der Waals surface area contributed by atoms with Crippen molar-refractivity contribution in [2.24, 2.45) is 5.73 Å². The zero-order valence-electron chi connectivity index (χ0n) is 9.65. The van der Waals surface area contributed by atoms with Crippen molar-refractivity contribution >= 4 is 17.7 Å². The second-order valence-corrected chi connectivity index (χ2v) is 5.16. The zero-order valence-corrected chi connectivity index (χ0v) is 10.5. The van der Waals surface area contributed by atoms with Crippen molar-refractivity contribution in [3.05, 3.63) is 17.5 Å². The highest BCUT2D eigenvalue weighted by Crippen LogP contribution is 2.16. The molecule has 1 aliphatic heterocycles. The van der Waals surface area contributed by atoms with Crippen LogP contribution in [0.5, 0.6) is 0 Å². The summed E-state index contributed by atoms with van der Waals surface area (Å²) >= 11 is 2.01. The molecule has 0 atom stereocenters. The number of hydrogen-bond donors (Lipinski definition) is 1. The molecule has 2 heterocycles. The van der Waals surface area contributed by atoms with E-state index in [2.05, 4.69) is 14.9 Å². The molecule has 1 saturated heterocycles. The van der Waals surface area contributed by atoms with Gasteiger partial charge in [0.2, 0.25) is 5.95 Å². The molecule has 0 bridgehead atoms. The SMILES string of the molecule is Cc1nc(N2CCCSCC2)ncc1CN. The second kappa shape index (κ2) is 5.50. The molecule has 5 heteroatoms. The Hall–Kier alpha value is -0.810. The summed E-state index contributed by atoms with van der Waals surface area (Å²) in [5.74, 6) is 3.27. The highest BCUT2D eigenvalue weighted by molar-refractivity contribution is 7.99. The minimum atomic E-state index is 0.516. The smallest absolute Gasteiger partial charge is 0.225 e. The van der Waals surface area contributed by atoms with Gasteiger partial charge >= 0.3 is 0 Å². The van der Waals surface area contributed by atoms with Gasteiger partial charge in [-0.05, 0) is 19.1 Å². The molecule has 0 saturated carbocycles. The van der Waals surface area contributed by atoms with Gasteiger partial charge in [0.25, 0.3) is 0 Å². The molecule has 88 valence electrons. The molecule has 1 fully saturated rings. The fourth-order valence-corrected chi connectivity index (χ4v) is 2.67. The lowest BCUT2D eigenvalue weighted by atomic mass is 10.2. The van der Waals surface area contributed by atoms with E-state index in [1.54, 1.807) is 0 Å². The summed E-state index contributed by atoms with van der Waals surface area (Å²) in [6.07, 6.45) is 3.07. The van der Waals surface area contributed by atoms with Crippen molar-refractivity contribution in [3.63, 3.8) is 0 Å². The van der Waals surface area contributed by atoms with Gasteiger partial charge in [-0.25, -0.2) is 9.97 Å². The van der Waals surface area contributed by atoms with Gasteiger partial charge in [-0.3, -0.25) is 0 Å². The van der Waals surface area contributed by atoms with E-state index in [4.69, 9.17) is 5.73 Å². The molecule has 2 N–H and O–H groups in total. The van der Waals surface area contributed by atoms with Gasteiger partial charge in [-0.15, -0.1) is 0 Å². The van der Waals surface area contributed by atoms with E-state index >= 15 is 0 Å². The first kappa shape index (κ1) is 11.7. The summed E-state index contributed by atoms with van der Waals surface area (Å²) < 4.78 is 0. The van der Waals surface area contributed by atoms with E-state index in [9.17, 15) is 0 Å². The summed E-state index contributed by atoms with van der Waals surface area (Å²) in [7, 11) is 0. The molecule has 16 heavy (non-hydrogen) atoms. The quantitative estimate of drug-likeness (QED) is 0.838. The van der Waals surface area contributed by atoms with Crippen molar-refractivity contribution in [1.82, 2.24) is 9.97 Å². The van der Waals surface area contributed by atoms with E-state index in [0.717, 1.165) is 30.3 Å². The Morgan fingerprint density at radius 1 is 1.44 bits per heavy atom. The highest BCUT2D eigenvalue weighted by Gasteiger charge is 2.13. The van der Waals surface area contributed by atoms with E-state index in [1.807, 2.05) is 24.9 Å². The van der Waals surface area contributed by atoms with Gasteiger partial charge in [0.05, 0.1) is 0 Å². The Morgan fingerprint density at radius 3 is 3.06 bits per heavy atom. The number of hydrogen-bond acceptors (Lipinski definition) is 5. The monoisotopic (exact) mass is 238 g/mol. The van der Waals surface area contributed by atoms with Crippen molar-refractivity contribution in [3.8, 4) is 0 Å². The summed E-state index contributed by atoms with van der Waals surface area (Å²) in [5, 5.41) is 0. The normalized spacial score (nSPS) is 17.2. The maximum atomic E-state index is 5.61. The maximum absolute atomic E-state index is 5.61. The van der Waals surface area contributed by atoms with Crippen molar-refractivity contribution in [2.75, 3.05) is 29.5 Å². The topological polar surface area (TPSA) is 55.0 Å². The fraction of sp³-hybridized carbons (Fsp3) is 0.636. The highest BCUT2D eigenvalue weighted by atomic mass is 32.2. The molecule has 0 aliphatic carbocycles. The van der Waals surface area contributed by atoms with E-state index in [1.165, 1.54) is 17.9 Å². The minimum absolute atomic E-state index is 0.516. The molecular weight excluding hydrogens is 220 g/mol. The van der Waals surface area contributed by atoms with Gasteiger partial charge in [0.15, 0.2) is 0 Å². The molecule has 0 amide bonds. The van der Waals surface area contributed by atoms with Crippen LogP contribution in [0.2, 0.25) is 0 Å². The maximum Gasteiger partial charge on any atom is 0.225 e. The Bertz CT molecular complexity index is 348. The number of aromatic nitrogens is 2. The van der Waals surface area contributed by atoms with Crippen LogP contribution < -0.4 is 10.6 Å². The van der Waals surface area contributed by atoms with E-state index < -0.39 is 0 Å². The fourth-order valence-electron chi connectivity index (χ4n) is 1.78. The molecule has 1 aliphatic rings. The molecule has 4 nitrogen and oxygen atoms in total. The molecule has 0 aromatic carbocycles. The molecule has 0 unspecified atom stereocenters. The largest absolute Gasteiger partial charge is 0.340 e. The standard InChI is InChI=1S/C11H18N4S/c1-9-10(7-12)8-13-11(14-9)15-3-2-5-16-6-4-15/h8H,2-7,12H2,1H3. The average molecular weight is 238 g/mol. The molecular formula is C11H18N4S. The van der Waals surface area contributed by atoms with Crippen LogP contribution in [0.15, 0.2) is 6.20 Å². The van der Waals surface area contributed by atoms with Crippen LogP contribution in [-0.2, 0) is 6.54 Å². The first-order valence-corrected chi connectivity index (χ1v) is 6.82. The van der Waals surface area contributed by atoms with Crippen LogP contribution in [0.3, 0.4) is 0 Å². The van der Waals surface area contributed by atoms with Crippen LogP contribution in [0.25, 0.3) is 0 Å². The van der Waals surface area contributed by atoms with E-state index in [-0.39, 0.29) is 0 Å². The first-order chi connectivity index (χ1) is 7.81. The van der Waals surface area contributed by atoms with Crippen LogP contribution >= 0.6 is 11.8 Å². The van der Waals surface area contributed by atoms with Crippen LogP contribution in [0, 0.1) is 6.92 Å². The second-order valence-electron chi connectivity index (χ2n) is 3.94. The molecule has 1 aromatic rings. The third-order valence-electron chi connectivity index (χ3n) is 2.79. The number of nitrogens with zero attached hydrogens (tertiary/aromatic N) is 3. The number of rotatable bonds is 2. The minimum Gasteiger partial charge on any atom is -0.340 e. The number of anilines is 1. The lowest BCUT2D eigenvalue weighted by Crippen LogP contribution is -2.27. The first-order valence-electron chi connectivity index (χ1n) is 5.66. The Balaban J connectivity index is 2.16. The number of thioether (sulfide) groups is 1. The predicted molar refractivity (Wildman–Crippen MR) is 68.8 cm³/mol. The lowest BCUT2D eigenvalue weighted by molar-refractivity contribution is 0.775. The molecule has 1 aromatic heterocycles. The van der Waals surface area contributed by atoms with Gasteiger partial charge in [0.1, 0.15) is 0 Å². The zero-order chi connectivity index (χ0) is 11.4. The van der Waals surface area contributed by atoms with Crippen LogP contribution in [-0.4, -0.2) is 34.6 Å². The van der Waals surface area contributed by atoms with Gasteiger partial charge in [-0.2, -0.15) is 11.8 Å².